The summed E-state index contributed by atoms with van der Waals surface area (Å²) in [5.41, 5.74) is -3.10. The Balaban J connectivity index is 1.49. The summed E-state index contributed by atoms with van der Waals surface area (Å²) in [6.07, 6.45) is -11.2. The van der Waals surface area contributed by atoms with Gasteiger partial charge in [-0.3, -0.25) is 4.79 Å². The van der Waals surface area contributed by atoms with Crippen LogP contribution in [0, 0.1) is 10.8 Å². The first-order valence-electron chi connectivity index (χ1n) is 10.8. The zero-order chi connectivity index (χ0) is 24.1. The van der Waals surface area contributed by atoms with Crippen LogP contribution in [0.1, 0.15) is 20.3 Å². The molecule has 5 aliphatic rings. The van der Waals surface area contributed by atoms with Crippen LogP contribution in [-0.4, -0.2) is 116 Å². The van der Waals surface area contributed by atoms with Gasteiger partial charge in [0.15, 0.2) is 18.2 Å². The maximum atomic E-state index is 12.7. The van der Waals surface area contributed by atoms with Gasteiger partial charge in [0.1, 0.15) is 36.1 Å². The van der Waals surface area contributed by atoms with Gasteiger partial charge in [-0.15, -0.1) is 0 Å². The minimum absolute atomic E-state index is 0.120. The van der Waals surface area contributed by atoms with Crippen LogP contribution in [0.5, 0.6) is 0 Å². The topological polar surface area (TPSA) is 196 Å². The molecule has 1 saturated carbocycles. The fourth-order valence-electron chi connectivity index (χ4n) is 6.44. The van der Waals surface area contributed by atoms with E-state index in [4.69, 9.17) is 18.9 Å². The molecule has 3 saturated heterocycles. The van der Waals surface area contributed by atoms with Gasteiger partial charge in [-0.25, -0.2) is 4.79 Å². The lowest BCUT2D eigenvalue weighted by Crippen LogP contribution is -2.70. The van der Waals surface area contributed by atoms with E-state index in [9.17, 15) is 40.2 Å². The molecule has 0 aromatic heterocycles. The fraction of sp³-hybridized carbons (Fsp3) is 0.810. The maximum absolute atomic E-state index is 12.7. The summed E-state index contributed by atoms with van der Waals surface area (Å²) in [4.78, 5) is 24.1. The lowest BCUT2D eigenvalue weighted by atomic mass is 9.50. The van der Waals surface area contributed by atoms with Crippen molar-refractivity contribution < 1.29 is 59.2 Å². The summed E-state index contributed by atoms with van der Waals surface area (Å²) >= 11 is 0. The Morgan fingerprint density at radius 2 is 1.85 bits per heavy atom. The largest absolute Gasteiger partial charge is 0.479 e. The number of hydrogen-bond donors (Lipinski definition) is 6. The van der Waals surface area contributed by atoms with E-state index >= 15 is 0 Å². The molecule has 2 aliphatic carbocycles. The van der Waals surface area contributed by atoms with Gasteiger partial charge in [0, 0.05) is 5.41 Å². The SMILES string of the molecule is CC1=C[C@H]2O[C@@H]3[C@H](OC4OC(C(=O)O)[C@H](O)C(O)[C@@H]4O)C[C@](C)([C@@]2(CO)[C@H](O)C1=O)[C@]31CO1. The smallest absolute Gasteiger partial charge is 0.335 e. The number of epoxide rings is 1. The molecule has 3 unspecified atom stereocenters. The quantitative estimate of drug-likeness (QED) is 0.228. The summed E-state index contributed by atoms with van der Waals surface area (Å²) in [7, 11) is 0. The van der Waals surface area contributed by atoms with E-state index in [0.717, 1.165) is 0 Å². The summed E-state index contributed by atoms with van der Waals surface area (Å²) in [6.45, 7) is 2.99. The van der Waals surface area contributed by atoms with Crippen LogP contribution in [0.4, 0.5) is 0 Å². The second-order valence-electron chi connectivity index (χ2n) is 9.92. The number of aliphatic carboxylic acids is 1. The molecule has 2 bridgehead atoms. The molecule has 12 atom stereocenters. The minimum Gasteiger partial charge on any atom is -0.479 e. The Hall–Kier alpha value is -1.48. The number of rotatable bonds is 4. The van der Waals surface area contributed by atoms with Gasteiger partial charge in [0.2, 0.25) is 0 Å². The molecule has 0 aromatic carbocycles. The monoisotopic (exact) mass is 472 g/mol. The molecule has 12 heteroatoms. The average molecular weight is 472 g/mol. The molecule has 5 rings (SSSR count). The average Bonchev–Trinajstić information content (AvgIpc) is 3.54. The number of hydrogen-bond acceptors (Lipinski definition) is 11. The first-order chi connectivity index (χ1) is 15.4. The predicted octanol–water partition coefficient (Wildman–Crippen LogP) is -2.92. The van der Waals surface area contributed by atoms with E-state index in [-0.39, 0.29) is 13.0 Å². The van der Waals surface area contributed by atoms with Crippen LogP contribution in [0.15, 0.2) is 11.6 Å². The van der Waals surface area contributed by atoms with E-state index < -0.39 is 89.9 Å². The van der Waals surface area contributed by atoms with Gasteiger partial charge in [0.25, 0.3) is 0 Å². The fourth-order valence-corrected chi connectivity index (χ4v) is 6.44. The molecular formula is C21H28O12. The van der Waals surface area contributed by atoms with Crippen molar-refractivity contribution in [3.63, 3.8) is 0 Å². The molecule has 12 nitrogen and oxygen atoms in total. The Labute approximate surface area is 188 Å². The number of aliphatic hydroxyl groups is 5. The third-order valence-corrected chi connectivity index (χ3v) is 8.53. The normalized spacial score (nSPS) is 55.3. The second-order valence-corrected chi connectivity index (χ2v) is 9.92. The summed E-state index contributed by atoms with van der Waals surface area (Å²) < 4.78 is 23.2. The molecule has 0 aromatic rings. The zero-order valence-corrected chi connectivity index (χ0v) is 18.0. The van der Waals surface area contributed by atoms with Crippen LogP contribution >= 0.6 is 0 Å². The lowest BCUT2D eigenvalue weighted by Gasteiger charge is -2.58. The van der Waals surface area contributed by atoms with E-state index in [0.29, 0.717) is 5.57 Å². The Morgan fingerprint density at radius 1 is 1.18 bits per heavy atom. The molecule has 184 valence electrons. The van der Waals surface area contributed by atoms with Crippen LogP contribution < -0.4 is 0 Å². The number of carbonyl (C=O) groups is 2. The molecule has 3 heterocycles. The lowest BCUT2D eigenvalue weighted by molar-refractivity contribution is -0.312. The Bertz CT molecular complexity index is 900. The number of carbonyl (C=O) groups excluding carboxylic acids is 1. The third kappa shape index (κ3) is 2.72. The highest BCUT2D eigenvalue weighted by Gasteiger charge is 2.83. The molecule has 4 fully saturated rings. The van der Waals surface area contributed by atoms with Gasteiger partial charge in [-0.2, -0.15) is 0 Å². The standard InChI is InChI=1S/C21H28O12/c1-7-3-9-20(5-22,15(27)10(7)23)19(2)4-8(16(32-9)21(19)6-30-21)31-18-13(26)11(24)12(25)14(33-18)17(28)29/h3,8-9,11-16,18,22,24-27H,4-6H2,1-2H3,(H,28,29)/t8-,9-,11?,12-,13+,14?,15-,16-,18?,19-,20-,21+/m1/s1. The molecule has 33 heavy (non-hydrogen) atoms. The van der Waals surface area contributed by atoms with Crippen LogP contribution in [0.3, 0.4) is 0 Å². The zero-order valence-electron chi connectivity index (χ0n) is 18.0. The van der Waals surface area contributed by atoms with Crippen molar-refractivity contribution in [2.45, 2.75) is 81.0 Å². The molecule has 3 aliphatic heterocycles. The predicted molar refractivity (Wildman–Crippen MR) is 104 cm³/mol. The molecule has 0 amide bonds. The number of ether oxygens (including phenoxy) is 4. The number of aliphatic hydroxyl groups excluding tert-OH is 5. The highest BCUT2D eigenvalue weighted by Crippen LogP contribution is 2.71. The molecule has 6 N–H and O–H groups in total. The number of fused-ring (bicyclic) bond motifs is 2. The number of carboxylic acid groups (broad SMARTS) is 1. The number of carboxylic acids is 1. The van der Waals surface area contributed by atoms with Crippen LogP contribution in [0.25, 0.3) is 0 Å². The molecule has 0 radical (unpaired) electrons. The summed E-state index contributed by atoms with van der Waals surface area (Å²) in [6, 6.07) is 0. The van der Waals surface area contributed by atoms with Crippen LogP contribution in [-0.2, 0) is 28.5 Å². The molecule has 1 spiro atoms. The first-order valence-corrected chi connectivity index (χ1v) is 10.8. The highest BCUT2D eigenvalue weighted by molar-refractivity contribution is 6.00. The number of ketones is 1. The second kappa shape index (κ2) is 7.26. The van der Waals surface area contributed by atoms with Crippen molar-refractivity contribution in [2.24, 2.45) is 10.8 Å². The van der Waals surface area contributed by atoms with E-state index in [1.165, 1.54) is 0 Å². The van der Waals surface area contributed by atoms with E-state index in [1.54, 1.807) is 19.9 Å². The van der Waals surface area contributed by atoms with Crippen molar-refractivity contribution in [3.05, 3.63) is 11.6 Å². The Kier molecular flexibility index (Phi) is 5.12. The van der Waals surface area contributed by atoms with Gasteiger partial charge in [0.05, 0.1) is 30.8 Å². The maximum Gasteiger partial charge on any atom is 0.335 e. The molecular weight excluding hydrogens is 444 g/mol. The van der Waals surface area contributed by atoms with Crippen molar-refractivity contribution in [1.82, 2.24) is 0 Å². The number of Topliss-reactive ketones (excluding diaryl/α,β-unsaturated/α-hetero) is 1. The van der Waals surface area contributed by atoms with Crippen molar-refractivity contribution in [3.8, 4) is 0 Å². The van der Waals surface area contributed by atoms with Gasteiger partial charge in [-0.1, -0.05) is 6.92 Å². The van der Waals surface area contributed by atoms with Gasteiger partial charge in [-0.05, 0) is 25.0 Å². The van der Waals surface area contributed by atoms with Gasteiger partial charge >= 0.3 is 5.97 Å². The van der Waals surface area contributed by atoms with Gasteiger partial charge < -0.3 is 49.6 Å². The highest BCUT2D eigenvalue weighted by atomic mass is 16.7. The van der Waals surface area contributed by atoms with Crippen molar-refractivity contribution in [1.29, 1.82) is 0 Å². The van der Waals surface area contributed by atoms with E-state index in [1.807, 2.05) is 0 Å². The third-order valence-electron chi connectivity index (χ3n) is 8.53. The summed E-state index contributed by atoms with van der Waals surface area (Å²) in [5.74, 6) is -2.05. The Morgan fingerprint density at radius 3 is 2.42 bits per heavy atom. The summed E-state index contributed by atoms with van der Waals surface area (Å²) in [5, 5.41) is 61.2. The van der Waals surface area contributed by atoms with Crippen LogP contribution in [0.2, 0.25) is 0 Å². The minimum atomic E-state index is -1.86. The van der Waals surface area contributed by atoms with E-state index in [2.05, 4.69) is 0 Å². The first kappa shape index (κ1) is 23.3. The van der Waals surface area contributed by atoms with Crippen molar-refractivity contribution in [2.75, 3.05) is 13.2 Å². The van der Waals surface area contributed by atoms with Crippen molar-refractivity contribution >= 4 is 11.8 Å².